The molecule has 2 aliphatic rings. The zero-order chi connectivity index (χ0) is 14.1. The van der Waals surface area contributed by atoms with Crippen LogP contribution in [0.2, 0.25) is 0 Å². The van der Waals surface area contributed by atoms with Crippen LogP contribution < -0.4 is 4.74 Å². The molecular formula is C16H18N2OS2. The lowest BCUT2D eigenvalue weighted by molar-refractivity contribution is 0.0921. The summed E-state index contributed by atoms with van der Waals surface area (Å²) in [7, 11) is 0. The Balaban J connectivity index is 1.29. The van der Waals surface area contributed by atoms with Crippen molar-refractivity contribution in [1.82, 2.24) is 9.88 Å². The molecule has 5 heteroatoms. The molecule has 0 N–H and O–H groups in total. The summed E-state index contributed by atoms with van der Waals surface area (Å²) in [6.07, 6.45) is 5.08. The largest absolute Gasteiger partial charge is 0.488 e. The van der Waals surface area contributed by atoms with E-state index in [1.807, 2.05) is 12.1 Å². The van der Waals surface area contributed by atoms with Crippen LogP contribution in [0.4, 0.5) is 0 Å². The zero-order valence-electron chi connectivity index (χ0n) is 11.8. The van der Waals surface area contributed by atoms with E-state index < -0.39 is 0 Å². The molecule has 0 aromatic carbocycles. The lowest BCUT2D eigenvalue weighted by atomic mass is 9.92. The van der Waals surface area contributed by atoms with E-state index >= 15 is 0 Å². The van der Waals surface area contributed by atoms with Crippen LogP contribution in [0, 0.1) is 0 Å². The van der Waals surface area contributed by atoms with E-state index in [0.29, 0.717) is 10.9 Å². The van der Waals surface area contributed by atoms with Crippen LogP contribution in [0.15, 0.2) is 41.4 Å². The van der Waals surface area contributed by atoms with Gasteiger partial charge in [0.1, 0.15) is 11.9 Å². The third kappa shape index (κ3) is 2.96. The molecule has 4 heterocycles. The van der Waals surface area contributed by atoms with Gasteiger partial charge in [-0.1, -0.05) is 0 Å². The van der Waals surface area contributed by atoms with Crippen LogP contribution in [0.5, 0.6) is 5.75 Å². The van der Waals surface area contributed by atoms with Crippen molar-refractivity contribution in [2.24, 2.45) is 0 Å². The van der Waals surface area contributed by atoms with Gasteiger partial charge in [-0.15, -0.1) is 11.8 Å². The molecule has 0 aliphatic carbocycles. The Bertz CT molecular complexity index is 582. The van der Waals surface area contributed by atoms with Crippen molar-refractivity contribution in [2.45, 2.75) is 23.8 Å². The lowest BCUT2D eigenvalue weighted by Crippen LogP contribution is -2.58. The Morgan fingerprint density at radius 3 is 3.10 bits per heavy atom. The topological polar surface area (TPSA) is 25.4 Å². The number of likely N-dealkylation sites (tertiary alicyclic amines) is 1. The van der Waals surface area contributed by atoms with Gasteiger partial charge in [-0.3, -0.25) is 9.88 Å². The second-order valence-corrected chi connectivity index (χ2v) is 8.17. The maximum Gasteiger partial charge on any atom is 0.138 e. The van der Waals surface area contributed by atoms with Crippen LogP contribution >= 0.6 is 23.1 Å². The van der Waals surface area contributed by atoms with E-state index in [9.17, 15) is 0 Å². The van der Waals surface area contributed by atoms with E-state index in [0.717, 1.165) is 24.5 Å². The monoisotopic (exact) mass is 318 g/mol. The summed E-state index contributed by atoms with van der Waals surface area (Å²) in [5, 5.41) is 4.41. The average molecular weight is 318 g/mol. The van der Waals surface area contributed by atoms with E-state index in [-0.39, 0.29) is 0 Å². The molecule has 1 atom stereocenters. The third-order valence-corrected chi connectivity index (χ3v) is 6.43. The Morgan fingerprint density at radius 1 is 1.38 bits per heavy atom. The summed E-state index contributed by atoms with van der Waals surface area (Å²) in [6, 6.07) is 6.15. The number of aromatic nitrogens is 1. The van der Waals surface area contributed by atoms with Crippen molar-refractivity contribution in [3.63, 3.8) is 0 Å². The second-order valence-electron chi connectivity index (χ2n) is 5.90. The van der Waals surface area contributed by atoms with Crippen molar-refractivity contribution >= 4 is 23.1 Å². The average Bonchev–Trinajstić information content (AvgIpc) is 3.10. The summed E-state index contributed by atoms with van der Waals surface area (Å²) in [6.45, 7) is 3.49. The molecule has 3 nitrogen and oxygen atoms in total. The molecular weight excluding hydrogens is 300 g/mol. The van der Waals surface area contributed by atoms with Crippen LogP contribution in [0.3, 0.4) is 0 Å². The first-order valence-electron chi connectivity index (χ1n) is 7.25. The summed E-state index contributed by atoms with van der Waals surface area (Å²) in [4.78, 5) is 6.66. The van der Waals surface area contributed by atoms with Gasteiger partial charge in [0.2, 0.25) is 0 Å². The van der Waals surface area contributed by atoms with Gasteiger partial charge in [0.25, 0.3) is 0 Å². The zero-order valence-corrected chi connectivity index (χ0v) is 13.4. The van der Waals surface area contributed by atoms with Crippen molar-refractivity contribution in [3.05, 3.63) is 46.9 Å². The molecule has 110 valence electrons. The molecule has 0 saturated carbocycles. The third-order valence-electron chi connectivity index (χ3n) is 4.12. The fourth-order valence-electron chi connectivity index (χ4n) is 3.23. The molecule has 2 saturated heterocycles. The first-order chi connectivity index (χ1) is 10.3. The molecule has 4 rings (SSSR count). The first-order valence-corrected chi connectivity index (χ1v) is 9.18. The van der Waals surface area contributed by atoms with Crippen molar-refractivity contribution in [1.29, 1.82) is 0 Å². The van der Waals surface area contributed by atoms with E-state index in [1.165, 1.54) is 18.7 Å². The minimum atomic E-state index is 0.336. The number of thiophene rings is 1. The molecule has 2 aliphatic heterocycles. The number of hydrogen-bond donors (Lipinski definition) is 0. The first kappa shape index (κ1) is 13.6. The van der Waals surface area contributed by atoms with Gasteiger partial charge in [0, 0.05) is 42.8 Å². The highest BCUT2D eigenvalue weighted by Gasteiger charge is 2.49. The van der Waals surface area contributed by atoms with Gasteiger partial charge in [0.05, 0.1) is 6.20 Å². The summed E-state index contributed by atoms with van der Waals surface area (Å²) in [5.41, 5.74) is 1.45. The van der Waals surface area contributed by atoms with E-state index in [2.05, 4.69) is 38.5 Å². The minimum Gasteiger partial charge on any atom is -0.488 e. The molecule has 1 spiro atoms. The van der Waals surface area contributed by atoms with Gasteiger partial charge < -0.3 is 4.74 Å². The number of hydrogen-bond acceptors (Lipinski definition) is 5. The van der Waals surface area contributed by atoms with Gasteiger partial charge in [-0.25, -0.2) is 0 Å². The van der Waals surface area contributed by atoms with E-state index in [4.69, 9.17) is 4.74 Å². The lowest BCUT2D eigenvalue weighted by Gasteiger charge is -2.47. The van der Waals surface area contributed by atoms with E-state index in [1.54, 1.807) is 23.7 Å². The molecule has 2 aromatic heterocycles. The quantitative estimate of drug-likeness (QED) is 0.864. The van der Waals surface area contributed by atoms with Crippen LogP contribution in [0.25, 0.3) is 0 Å². The van der Waals surface area contributed by atoms with Gasteiger partial charge >= 0.3 is 0 Å². The highest BCUT2D eigenvalue weighted by atomic mass is 32.2. The standard InChI is InChI=1S/C16H18N2OS2/c1-2-14(7-17-4-1)19-15-6-16(21-10-15)11-18(12-16)8-13-3-5-20-9-13/h1-5,7,9,15H,6,8,10-12H2/t15-/m0/s1. The molecule has 2 fully saturated rings. The minimum absolute atomic E-state index is 0.336. The number of thioether (sulfide) groups is 1. The van der Waals surface area contributed by atoms with Gasteiger partial charge in [-0.05, 0) is 34.5 Å². The van der Waals surface area contributed by atoms with Crippen molar-refractivity contribution in [3.8, 4) is 5.75 Å². The normalized spacial score (nSPS) is 24.1. The Morgan fingerprint density at radius 2 is 2.33 bits per heavy atom. The summed E-state index contributed by atoms with van der Waals surface area (Å²) in [5.74, 6) is 2.00. The second kappa shape index (κ2) is 5.63. The molecule has 2 aromatic rings. The van der Waals surface area contributed by atoms with Gasteiger partial charge in [-0.2, -0.15) is 11.3 Å². The van der Waals surface area contributed by atoms with Crippen LogP contribution in [-0.4, -0.2) is 39.6 Å². The molecule has 0 amide bonds. The highest BCUT2D eigenvalue weighted by molar-refractivity contribution is 8.01. The summed E-state index contributed by atoms with van der Waals surface area (Å²) < 4.78 is 6.48. The smallest absolute Gasteiger partial charge is 0.138 e. The Labute approximate surface area is 133 Å². The Kier molecular flexibility index (Phi) is 3.65. The molecule has 0 radical (unpaired) electrons. The molecule has 21 heavy (non-hydrogen) atoms. The fraction of sp³-hybridized carbons (Fsp3) is 0.438. The number of ether oxygens (including phenoxy) is 1. The maximum atomic E-state index is 6.05. The van der Waals surface area contributed by atoms with Crippen LogP contribution in [-0.2, 0) is 6.54 Å². The van der Waals surface area contributed by atoms with Crippen molar-refractivity contribution < 1.29 is 4.74 Å². The maximum absolute atomic E-state index is 6.05. The summed E-state index contributed by atoms with van der Waals surface area (Å²) >= 11 is 3.87. The highest BCUT2D eigenvalue weighted by Crippen LogP contribution is 2.46. The number of pyridine rings is 1. The number of nitrogens with zero attached hydrogens (tertiary/aromatic N) is 2. The van der Waals surface area contributed by atoms with Gasteiger partial charge in [0.15, 0.2) is 0 Å². The molecule has 0 unspecified atom stereocenters. The fourth-order valence-corrected chi connectivity index (χ4v) is 5.47. The predicted molar refractivity (Wildman–Crippen MR) is 88.1 cm³/mol. The SMILES string of the molecule is c1cncc(O[C@@H]2CSC3(C2)CN(Cc2ccsc2)C3)c1. The van der Waals surface area contributed by atoms with Crippen LogP contribution in [0.1, 0.15) is 12.0 Å². The Hall–Kier alpha value is -1.04. The number of rotatable bonds is 4. The van der Waals surface area contributed by atoms with Crippen molar-refractivity contribution in [2.75, 3.05) is 18.8 Å². The predicted octanol–water partition coefficient (Wildman–Crippen LogP) is 3.28. The molecule has 0 bridgehead atoms.